The van der Waals surface area contributed by atoms with Gasteiger partial charge in [-0.05, 0) is 24.3 Å². The van der Waals surface area contributed by atoms with E-state index in [0.717, 1.165) is 5.56 Å². The first-order valence-corrected chi connectivity index (χ1v) is 6.07. The van der Waals surface area contributed by atoms with Crippen LogP contribution >= 0.6 is 0 Å². The van der Waals surface area contributed by atoms with Gasteiger partial charge in [-0.2, -0.15) is 0 Å². The standard InChI is InChI=1S/C14H17N3O3/c1-19-11-3-4-13(20-2)9(5-11)7-17-14(18)12-6-10(15)8-16-12/h3-6,8,16H,7,15H2,1-2H3,(H,17,18). The highest BCUT2D eigenvalue weighted by Gasteiger charge is 2.10. The van der Waals surface area contributed by atoms with Crippen LogP contribution in [0.4, 0.5) is 5.69 Å². The third-order valence-electron chi connectivity index (χ3n) is 2.88. The third kappa shape index (κ3) is 3.03. The largest absolute Gasteiger partial charge is 0.497 e. The smallest absolute Gasteiger partial charge is 0.268 e. The van der Waals surface area contributed by atoms with Crippen molar-refractivity contribution in [1.82, 2.24) is 10.3 Å². The van der Waals surface area contributed by atoms with Gasteiger partial charge in [-0.15, -0.1) is 0 Å². The number of benzene rings is 1. The number of nitrogens with two attached hydrogens (primary N) is 1. The van der Waals surface area contributed by atoms with Gasteiger partial charge < -0.3 is 25.5 Å². The highest BCUT2D eigenvalue weighted by Crippen LogP contribution is 2.23. The molecule has 0 unspecified atom stereocenters. The summed E-state index contributed by atoms with van der Waals surface area (Å²) in [6.45, 7) is 0.331. The molecule has 0 saturated carbocycles. The maximum Gasteiger partial charge on any atom is 0.268 e. The number of aromatic amines is 1. The molecule has 106 valence electrons. The van der Waals surface area contributed by atoms with Gasteiger partial charge in [0.2, 0.25) is 0 Å². The number of methoxy groups -OCH3 is 2. The monoisotopic (exact) mass is 275 g/mol. The number of anilines is 1. The molecule has 0 saturated heterocycles. The molecule has 2 rings (SSSR count). The summed E-state index contributed by atoms with van der Waals surface area (Å²) in [7, 11) is 3.17. The molecule has 6 nitrogen and oxygen atoms in total. The van der Waals surface area contributed by atoms with Crippen molar-refractivity contribution < 1.29 is 14.3 Å². The van der Waals surface area contributed by atoms with Crippen LogP contribution in [0.2, 0.25) is 0 Å². The molecule has 1 aromatic carbocycles. The molecule has 1 heterocycles. The van der Waals surface area contributed by atoms with E-state index >= 15 is 0 Å². The number of nitrogens with one attached hydrogen (secondary N) is 2. The highest BCUT2D eigenvalue weighted by molar-refractivity contribution is 5.93. The Kier molecular flexibility index (Phi) is 4.14. The topological polar surface area (TPSA) is 89.4 Å². The van der Waals surface area contributed by atoms with Crippen molar-refractivity contribution in [3.8, 4) is 11.5 Å². The summed E-state index contributed by atoms with van der Waals surface area (Å²) in [6.07, 6.45) is 1.57. The van der Waals surface area contributed by atoms with Crippen molar-refractivity contribution in [1.29, 1.82) is 0 Å². The van der Waals surface area contributed by atoms with Crippen molar-refractivity contribution in [3.63, 3.8) is 0 Å². The fourth-order valence-corrected chi connectivity index (χ4v) is 1.83. The predicted molar refractivity (Wildman–Crippen MR) is 75.9 cm³/mol. The molecule has 0 bridgehead atoms. The van der Waals surface area contributed by atoms with Crippen LogP contribution in [0.3, 0.4) is 0 Å². The summed E-state index contributed by atoms with van der Waals surface area (Å²) >= 11 is 0. The van der Waals surface area contributed by atoms with E-state index in [0.29, 0.717) is 29.4 Å². The van der Waals surface area contributed by atoms with Crippen LogP contribution in [0.5, 0.6) is 11.5 Å². The summed E-state index contributed by atoms with van der Waals surface area (Å²) in [5.41, 5.74) is 7.34. The zero-order valence-electron chi connectivity index (χ0n) is 11.4. The lowest BCUT2D eigenvalue weighted by Gasteiger charge is -2.11. The van der Waals surface area contributed by atoms with E-state index in [1.54, 1.807) is 38.6 Å². The van der Waals surface area contributed by atoms with E-state index in [2.05, 4.69) is 10.3 Å². The maximum atomic E-state index is 11.9. The predicted octanol–water partition coefficient (Wildman–Crippen LogP) is 1.54. The van der Waals surface area contributed by atoms with Gasteiger partial charge in [-0.1, -0.05) is 0 Å². The number of ether oxygens (including phenoxy) is 2. The second-order valence-electron chi connectivity index (χ2n) is 4.21. The Bertz CT molecular complexity index is 607. The first-order chi connectivity index (χ1) is 9.63. The van der Waals surface area contributed by atoms with E-state index in [1.165, 1.54) is 0 Å². The lowest BCUT2D eigenvalue weighted by Crippen LogP contribution is -2.23. The van der Waals surface area contributed by atoms with Gasteiger partial charge in [0.25, 0.3) is 5.91 Å². The second kappa shape index (κ2) is 6.01. The average molecular weight is 275 g/mol. The van der Waals surface area contributed by atoms with E-state index < -0.39 is 0 Å². The quantitative estimate of drug-likeness (QED) is 0.772. The van der Waals surface area contributed by atoms with Gasteiger partial charge in [0, 0.05) is 24.0 Å². The summed E-state index contributed by atoms with van der Waals surface area (Å²) in [6, 6.07) is 7.00. The lowest BCUT2D eigenvalue weighted by molar-refractivity contribution is 0.0946. The normalized spacial score (nSPS) is 10.1. The Morgan fingerprint density at radius 3 is 2.70 bits per heavy atom. The third-order valence-corrected chi connectivity index (χ3v) is 2.88. The van der Waals surface area contributed by atoms with Crippen LogP contribution in [0.25, 0.3) is 0 Å². The van der Waals surface area contributed by atoms with Gasteiger partial charge in [0.15, 0.2) is 0 Å². The molecule has 20 heavy (non-hydrogen) atoms. The molecule has 0 aliphatic heterocycles. The summed E-state index contributed by atoms with van der Waals surface area (Å²) < 4.78 is 10.4. The van der Waals surface area contributed by atoms with Crippen molar-refractivity contribution >= 4 is 11.6 Å². The number of nitrogen functional groups attached to an aromatic ring is 1. The van der Waals surface area contributed by atoms with Gasteiger partial charge in [0.1, 0.15) is 17.2 Å². The van der Waals surface area contributed by atoms with Crippen LogP contribution in [-0.4, -0.2) is 25.1 Å². The average Bonchev–Trinajstić information content (AvgIpc) is 2.91. The van der Waals surface area contributed by atoms with E-state index in [1.807, 2.05) is 6.07 Å². The van der Waals surface area contributed by atoms with Crippen molar-refractivity contribution in [2.45, 2.75) is 6.54 Å². The van der Waals surface area contributed by atoms with Crippen molar-refractivity contribution in [2.75, 3.05) is 20.0 Å². The molecule has 0 aliphatic carbocycles. The van der Waals surface area contributed by atoms with Crippen LogP contribution in [-0.2, 0) is 6.54 Å². The highest BCUT2D eigenvalue weighted by atomic mass is 16.5. The number of amides is 1. The molecule has 4 N–H and O–H groups in total. The van der Waals surface area contributed by atoms with E-state index in [-0.39, 0.29) is 5.91 Å². The molecule has 2 aromatic rings. The number of carbonyl (C=O) groups excluding carboxylic acids is 1. The van der Waals surface area contributed by atoms with Gasteiger partial charge in [-0.3, -0.25) is 4.79 Å². The summed E-state index contributed by atoms with van der Waals surface area (Å²) in [5, 5.41) is 2.79. The molecule has 0 radical (unpaired) electrons. The Morgan fingerprint density at radius 1 is 1.30 bits per heavy atom. The Labute approximate surface area is 116 Å². The molecular weight excluding hydrogens is 258 g/mol. The van der Waals surface area contributed by atoms with Crippen molar-refractivity contribution in [2.24, 2.45) is 0 Å². The van der Waals surface area contributed by atoms with Gasteiger partial charge in [0.05, 0.1) is 14.2 Å². The molecule has 0 fully saturated rings. The van der Waals surface area contributed by atoms with Gasteiger partial charge >= 0.3 is 0 Å². The van der Waals surface area contributed by atoms with Crippen LogP contribution in [0, 0.1) is 0 Å². The number of hydrogen-bond donors (Lipinski definition) is 3. The minimum absolute atomic E-state index is 0.230. The molecule has 1 aromatic heterocycles. The summed E-state index contributed by atoms with van der Waals surface area (Å²) in [4.78, 5) is 14.7. The Hall–Kier alpha value is -2.63. The molecule has 1 amide bonds. The Morgan fingerprint density at radius 2 is 2.10 bits per heavy atom. The van der Waals surface area contributed by atoms with Gasteiger partial charge in [-0.25, -0.2) is 0 Å². The number of aromatic nitrogens is 1. The minimum atomic E-state index is -0.230. The van der Waals surface area contributed by atoms with E-state index in [4.69, 9.17) is 15.2 Å². The molecule has 0 spiro atoms. The van der Waals surface area contributed by atoms with Crippen LogP contribution in [0.1, 0.15) is 16.1 Å². The number of rotatable bonds is 5. The molecule has 6 heteroatoms. The Balaban J connectivity index is 2.08. The lowest BCUT2D eigenvalue weighted by atomic mass is 10.2. The first-order valence-electron chi connectivity index (χ1n) is 6.07. The fraction of sp³-hybridized carbons (Fsp3) is 0.214. The fourth-order valence-electron chi connectivity index (χ4n) is 1.83. The minimum Gasteiger partial charge on any atom is -0.497 e. The summed E-state index contributed by atoms with van der Waals surface area (Å²) in [5.74, 6) is 1.17. The first kappa shape index (κ1) is 13.8. The van der Waals surface area contributed by atoms with Crippen LogP contribution < -0.4 is 20.5 Å². The SMILES string of the molecule is COc1ccc(OC)c(CNC(=O)c2cc(N)c[nH]2)c1. The number of H-pyrrole nitrogens is 1. The van der Waals surface area contributed by atoms with E-state index in [9.17, 15) is 4.79 Å². The zero-order chi connectivity index (χ0) is 14.5. The maximum absolute atomic E-state index is 11.9. The van der Waals surface area contributed by atoms with Crippen molar-refractivity contribution in [3.05, 3.63) is 41.7 Å². The molecule has 0 atom stereocenters. The molecular formula is C14H17N3O3. The zero-order valence-corrected chi connectivity index (χ0v) is 11.4. The number of hydrogen-bond acceptors (Lipinski definition) is 4. The second-order valence-corrected chi connectivity index (χ2v) is 4.21. The van der Waals surface area contributed by atoms with Crippen LogP contribution in [0.15, 0.2) is 30.5 Å². The molecule has 0 aliphatic rings. The number of carbonyl (C=O) groups is 1.